The van der Waals surface area contributed by atoms with Gasteiger partial charge in [0.25, 0.3) is 11.5 Å². The van der Waals surface area contributed by atoms with E-state index < -0.39 is 6.10 Å². The van der Waals surface area contributed by atoms with Crippen LogP contribution in [0.25, 0.3) is 0 Å². The average Bonchev–Trinajstić information content (AvgIpc) is 2.51. The van der Waals surface area contributed by atoms with Crippen LogP contribution < -0.4 is 15.6 Å². The number of nitrogens with zero attached hydrogens (tertiary/aromatic N) is 1. The minimum atomic E-state index is -0.560. The maximum Gasteiger partial charge on any atom is 0.265 e. The molecule has 1 amide bonds. The summed E-state index contributed by atoms with van der Waals surface area (Å²) in [7, 11) is 0. The number of rotatable bonds is 3. The molecule has 2 aromatic rings. The zero-order valence-electron chi connectivity index (χ0n) is 12.8. The van der Waals surface area contributed by atoms with Gasteiger partial charge in [-0.05, 0) is 37.6 Å². The summed E-state index contributed by atoms with van der Waals surface area (Å²) in [5, 5.41) is 2.70. The Labute approximate surface area is 132 Å². The molecule has 118 valence electrons. The minimum absolute atomic E-state index is 0.0511. The average molecular weight is 312 g/mol. The molecule has 6 nitrogen and oxygen atoms in total. The Balaban J connectivity index is 1.86. The van der Waals surface area contributed by atoms with E-state index >= 15 is 0 Å². The molecule has 1 atom stereocenters. The summed E-state index contributed by atoms with van der Waals surface area (Å²) in [5.41, 5.74) is 1.55. The summed E-state index contributed by atoms with van der Waals surface area (Å²) in [6.45, 7) is 3.46. The van der Waals surface area contributed by atoms with Crippen LogP contribution in [0.3, 0.4) is 0 Å². The van der Waals surface area contributed by atoms with Crippen molar-refractivity contribution in [3.05, 3.63) is 58.0 Å². The van der Waals surface area contributed by atoms with Gasteiger partial charge >= 0.3 is 0 Å². The van der Waals surface area contributed by atoms with Crippen molar-refractivity contribution in [2.45, 2.75) is 26.5 Å². The molecule has 1 aliphatic heterocycles. The highest BCUT2D eigenvalue weighted by Gasteiger charge is 2.24. The smallest absolute Gasteiger partial charge is 0.265 e. The highest BCUT2D eigenvalue weighted by molar-refractivity contribution is 6.01. The molecule has 0 bridgehead atoms. The number of ketones is 1. The van der Waals surface area contributed by atoms with Crippen molar-refractivity contribution in [3.63, 3.8) is 0 Å². The number of aryl methyl sites for hydroxylation is 1. The Hall–Kier alpha value is -2.89. The molecule has 3 rings (SSSR count). The van der Waals surface area contributed by atoms with Crippen LogP contribution in [-0.2, 0) is 11.3 Å². The number of fused-ring (bicyclic) bond motifs is 1. The SMILES string of the molecule is Cc1ccc(=O)n(CC(=O)c2ccc3c(c2)NC(=O)C(C)O3)c1. The number of hydrogen-bond acceptors (Lipinski definition) is 4. The predicted octanol–water partition coefficient (Wildman–Crippen LogP) is 1.76. The molecule has 1 aliphatic rings. The lowest BCUT2D eigenvalue weighted by molar-refractivity contribution is -0.122. The zero-order valence-corrected chi connectivity index (χ0v) is 12.8. The van der Waals surface area contributed by atoms with Crippen LogP contribution in [0.1, 0.15) is 22.8 Å². The third-order valence-electron chi connectivity index (χ3n) is 3.68. The number of ether oxygens (including phenoxy) is 1. The van der Waals surface area contributed by atoms with Gasteiger partial charge in [-0.2, -0.15) is 0 Å². The van der Waals surface area contributed by atoms with Gasteiger partial charge in [0.05, 0.1) is 12.2 Å². The third-order valence-corrected chi connectivity index (χ3v) is 3.68. The van der Waals surface area contributed by atoms with Crippen molar-refractivity contribution < 1.29 is 14.3 Å². The van der Waals surface area contributed by atoms with E-state index in [1.165, 1.54) is 10.6 Å². The largest absolute Gasteiger partial charge is 0.479 e. The van der Waals surface area contributed by atoms with Crippen molar-refractivity contribution >= 4 is 17.4 Å². The lowest BCUT2D eigenvalue weighted by atomic mass is 10.1. The first-order valence-corrected chi connectivity index (χ1v) is 7.26. The number of Topliss-reactive ketones (excluding diaryl/α,β-unsaturated/α-hetero) is 1. The van der Waals surface area contributed by atoms with E-state index in [4.69, 9.17) is 4.74 Å². The van der Waals surface area contributed by atoms with Crippen LogP contribution >= 0.6 is 0 Å². The fourth-order valence-electron chi connectivity index (χ4n) is 2.40. The number of pyridine rings is 1. The second-order valence-corrected chi connectivity index (χ2v) is 5.56. The number of nitrogens with one attached hydrogen (secondary N) is 1. The first-order chi connectivity index (χ1) is 10.9. The molecule has 0 saturated heterocycles. The molecule has 1 aromatic heterocycles. The highest BCUT2D eigenvalue weighted by Crippen LogP contribution is 2.30. The molecular formula is C17H16N2O4. The molecule has 0 saturated carbocycles. The van der Waals surface area contributed by atoms with E-state index in [1.807, 2.05) is 6.92 Å². The minimum Gasteiger partial charge on any atom is -0.479 e. The van der Waals surface area contributed by atoms with E-state index in [-0.39, 0.29) is 23.8 Å². The topological polar surface area (TPSA) is 77.4 Å². The molecule has 23 heavy (non-hydrogen) atoms. The number of amides is 1. The molecule has 1 aromatic carbocycles. The first kappa shape index (κ1) is 15.0. The Morgan fingerprint density at radius 2 is 2.04 bits per heavy atom. The molecule has 0 fully saturated rings. The summed E-state index contributed by atoms with van der Waals surface area (Å²) in [6, 6.07) is 7.99. The Kier molecular flexibility index (Phi) is 3.73. The van der Waals surface area contributed by atoms with Crippen LogP contribution in [0.4, 0.5) is 5.69 Å². The predicted molar refractivity (Wildman–Crippen MR) is 84.9 cm³/mol. The van der Waals surface area contributed by atoms with Gasteiger partial charge in [0.1, 0.15) is 5.75 Å². The van der Waals surface area contributed by atoms with Gasteiger partial charge < -0.3 is 14.6 Å². The molecule has 6 heteroatoms. The molecular weight excluding hydrogens is 296 g/mol. The van der Waals surface area contributed by atoms with Gasteiger partial charge in [0.15, 0.2) is 11.9 Å². The van der Waals surface area contributed by atoms with Crippen LogP contribution in [0.5, 0.6) is 5.75 Å². The van der Waals surface area contributed by atoms with Crippen LogP contribution in [0.2, 0.25) is 0 Å². The molecule has 0 aliphatic carbocycles. The quantitative estimate of drug-likeness (QED) is 0.876. The van der Waals surface area contributed by atoms with Gasteiger partial charge in [0.2, 0.25) is 0 Å². The molecule has 2 heterocycles. The van der Waals surface area contributed by atoms with E-state index in [2.05, 4.69) is 5.32 Å². The Morgan fingerprint density at radius 1 is 1.26 bits per heavy atom. The highest BCUT2D eigenvalue weighted by atomic mass is 16.5. The van der Waals surface area contributed by atoms with Crippen LogP contribution in [-0.4, -0.2) is 22.4 Å². The monoisotopic (exact) mass is 312 g/mol. The van der Waals surface area contributed by atoms with Crippen molar-refractivity contribution in [2.24, 2.45) is 0 Å². The molecule has 1 unspecified atom stereocenters. The van der Waals surface area contributed by atoms with Crippen molar-refractivity contribution in [3.8, 4) is 5.75 Å². The van der Waals surface area contributed by atoms with Crippen molar-refractivity contribution in [2.75, 3.05) is 5.32 Å². The normalized spacial score (nSPS) is 16.3. The maximum absolute atomic E-state index is 12.4. The Morgan fingerprint density at radius 3 is 2.83 bits per heavy atom. The lowest BCUT2D eigenvalue weighted by Crippen LogP contribution is -2.34. The van der Waals surface area contributed by atoms with Gasteiger partial charge in [0, 0.05) is 17.8 Å². The second kappa shape index (κ2) is 5.72. The lowest BCUT2D eigenvalue weighted by Gasteiger charge is -2.23. The fourth-order valence-corrected chi connectivity index (χ4v) is 2.40. The maximum atomic E-state index is 12.4. The zero-order chi connectivity index (χ0) is 16.6. The molecule has 1 N–H and O–H groups in total. The second-order valence-electron chi connectivity index (χ2n) is 5.56. The van der Waals surface area contributed by atoms with Gasteiger partial charge in [-0.1, -0.05) is 6.07 Å². The number of benzene rings is 1. The summed E-state index contributed by atoms with van der Waals surface area (Å²) in [6.07, 6.45) is 1.08. The number of carbonyl (C=O) groups excluding carboxylic acids is 2. The number of aromatic nitrogens is 1. The van der Waals surface area contributed by atoms with Crippen LogP contribution in [0.15, 0.2) is 41.3 Å². The van der Waals surface area contributed by atoms with E-state index in [9.17, 15) is 14.4 Å². The molecule has 0 spiro atoms. The van der Waals surface area contributed by atoms with Crippen molar-refractivity contribution in [1.82, 2.24) is 4.57 Å². The summed E-state index contributed by atoms with van der Waals surface area (Å²) in [4.78, 5) is 35.8. The van der Waals surface area contributed by atoms with Gasteiger partial charge in [-0.15, -0.1) is 0 Å². The van der Waals surface area contributed by atoms with E-state index in [1.54, 1.807) is 37.4 Å². The van der Waals surface area contributed by atoms with Crippen molar-refractivity contribution in [1.29, 1.82) is 0 Å². The van der Waals surface area contributed by atoms with Crippen LogP contribution in [0, 0.1) is 6.92 Å². The van der Waals surface area contributed by atoms with Gasteiger partial charge in [-0.3, -0.25) is 14.4 Å². The number of hydrogen-bond donors (Lipinski definition) is 1. The summed E-state index contributed by atoms with van der Waals surface area (Å²) < 4.78 is 6.82. The fraction of sp³-hybridized carbons (Fsp3) is 0.235. The summed E-state index contributed by atoms with van der Waals surface area (Å²) in [5.74, 6) is 0.0618. The van der Waals surface area contributed by atoms with E-state index in [0.717, 1.165) is 5.56 Å². The number of anilines is 1. The standard InChI is InChI=1S/C17H16N2O4/c1-10-3-6-16(21)19(8-10)9-14(20)12-4-5-15-13(7-12)18-17(22)11(2)23-15/h3-8,11H,9H2,1-2H3,(H,18,22). The van der Waals surface area contributed by atoms with E-state index in [0.29, 0.717) is 17.0 Å². The molecule has 0 radical (unpaired) electrons. The Bertz CT molecular complexity index is 854. The third kappa shape index (κ3) is 3.01. The first-order valence-electron chi connectivity index (χ1n) is 7.26. The number of carbonyl (C=O) groups is 2. The van der Waals surface area contributed by atoms with Gasteiger partial charge in [-0.25, -0.2) is 0 Å². The summed E-state index contributed by atoms with van der Waals surface area (Å²) >= 11 is 0.